The average Bonchev–Trinajstić information content (AvgIpc) is 2.27. The van der Waals surface area contributed by atoms with Crippen LogP contribution < -0.4 is 0 Å². The van der Waals surface area contributed by atoms with E-state index in [0.29, 0.717) is 5.92 Å². The summed E-state index contributed by atoms with van der Waals surface area (Å²) in [5, 5.41) is 8.84. The van der Waals surface area contributed by atoms with Crippen LogP contribution in [0.3, 0.4) is 0 Å². The van der Waals surface area contributed by atoms with E-state index in [0.717, 1.165) is 18.5 Å². The first kappa shape index (κ1) is 9.33. The van der Waals surface area contributed by atoms with Crippen LogP contribution in [0.25, 0.3) is 0 Å². The van der Waals surface area contributed by atoms with Gasteiger partial charge in [0.1, 0.15) is 0 Å². The Hall–Kier alpha value is -1.23. The normalized spacial score (nSPS) is 26.0. The van der Waals surface area contributed by atoms with E-state index in [1.54, 1.807) is 0 Å². The number of rotatable bonds is 1. The summed E-state index contributed by atoms with van der Waals surface area (Å²) in [5.41, 5.74) is 2.40. The maximum Gasteiger partial charge on any atom is 0.0947 e. The fourth-order valence-corrected chi connectivity index (χ4v) is 2.45. The van der Waals surface area contributed by atoms with Crippen molar-refractivity contribution in [2.24, 2.45) is 5.92 Å². The van der Waals surface area contributed by atoms with Gasteiger partial charge >= 0.3 is 0 Å². The highest BCUT2D eigenvalue weighted by Crippen LogP contribution is 2.34. The molecule has 1 aliphatic carbocycles. The van der Waals surface area contributed by atoms with Crippen LogP contribution >= 0.6 is 0 Å². The van der Waals surface area contributed by atoms with E-state index < -0.39 is 0 Å². The van der Waals surface area contributed by atoms with Crippen molar-refractivity contribution in [3.8, 4) is 6.07 Å². The van der Waals surface area contributed by atoms with Crippen LogP contribution in [0.4, 0.5) is 0 Å². The highest BCUT2D eigenvalue weighted by molar-refractivity contribution is 5.34. The van der Waals surface area contributed by atoms with Crippen LogP contribution in [0.2, 0.25) is 0 Å². The van der Waals surface area contributed by atoms with E-state index in [4.69, 9.17) is 5.26 Å². The summed E-state index contributed by atoms with van der Waals surface area (Å²) in [6.07, 6.45) is 7.62. The quantitative estimate of drug-likeness (QED) is 0.632. The Bertz CT molecular complexity index is 320. The van der Waals surface area contributed by atoms with Crippen molar-refractivity contribution in [3.05, 3.63) is 23.4 Å². The van der Waals surface area contributed by atoms with Gasteiger partial charge in [0.25, 0.3) is 0 Å². The zero-order valence-corrected chi connectivity index (χ0v) is 8.66. The highest BCUT2D eigenvalue weighted by atomic mass is 15.1. The molecule has 1 aliphatic heterocycles. The maximum absolute atomic E-state index is 8.84. The van der Waals surface area contributed by atoms with Gasteiger partial charge in [-0.15, -0.1) is 0 Å². The molecule has 2 rings (SSSR count). The molecule has 0 aromatic rings. The molecule has 0 aromatic carbocycles. The molecule has 0 aromatic heterocycles. The van der Waals surface area contributed by atoms with E-state index >= 15 is 0 Å². The number of hydrogen-bond donors (Lipinski definition) is 0. The first-order valence-electron chi connectivity index (χ1n) is 5.41. The third kappa shape index (κ3) is 1.55. The molecule has 1 heterocycles. The molecule has 74 valence electrons. The van der Waals surface area contributed by atoms with Crippen molar-refractivity contribution in [2.75, 3.05) is 13.1 Å². The van der Waals surface area contributed by atoms with Crippen molar-refractivity contribution in [2.45, 2.75) is 26.2 Å². The Morgan fingerprint density at radius 3 is 3.14 bits per heavy atom. The van der Waals surface area contributed by atoms with Gasteiger partial charge in [0, 0.05) is 30.3 Å². The average molecular weight is 188 g/mol. The van der Waals surface area contributed by atoms with Gasteiger partial charge in [0.2, 0.25) is 0 Å². The molecule has 2 nitrogen and oxygen atoms in total. The lowest BCUT2D eigenvalue weighted by Gasteiger charge is -2.38. The third-order valence-corrected chi connectivity index (χ3v) is 3.21. The Morgan fingerprint density at radius 2 is 2.43 bits per heavy atom. The molecule has 1 fully saturated rings. The van der Waals surface area contributed by atoms with Crippen molar-refractivity contribution in [3.63, 3.8) is 0 Å². The number of allylic oxidation sites excluding steroid dienone is 4. The summed E-state index contributed by atoms with van der Waals surface area (Å²) in [5.74, 6) is 0.614. The van der Waals surface area contributed by atoms with E-state index in [1.165, 1.54) is 25.1 Å². The van der Waals surface area contributed by atoms with Gasteiger partial charge in [-0.25, -0.2) is 0 Å². The van der Waals surface area contributed by atoms with Crippen molar-refractivity contribution in [1.29, 1.82) is 5.26 Å². The Kier molecular flexibility index (Phi) is 2.58. The number of hydrogen-bond acceptors (Lipinski definition) is 2. The number of nitrogens with zero attached hydrogens (tertiary/aromatic N) is 2. The first-order chi connectivity index (χ1) is 6.85. The number of nitriles is 1. The summed E-state index contributed by atoms with van der Waals surface area (Å²) >= 11 is 0. The van der Waals surface area contributed by atoms with Crippen molar-refractivity contribution < 1.29 is 0 Å². The molecule has 0 saturated carbocycles. The van der Waals surface area contributed by atoms with Gasteiger partial charge in [-0.3, -0.25) is 0 Å². The first-order valence-corrected chi connectivity index (χ1v) is 5.41. The lowest BCUT2D eigenvalue weighted by atomic mass is 9.85. The second-order valence-corrected chi connectivity index (χ2v) is 4.02. The molecule has 0 radical (unpaired) electrons. The molecule has 0 bridgehead atoms. The second-order valence-electron chi connectivity index (χ2n) is 4.02. The highest BCUT2D eigenvalue weighted by Gasteiger charge is 2.26. The molecule has 2 aliphatic rings. The van der Waals surface area contributed by atoms with Gasteiger partial charge in [-0.2, -0.15) is 5.26 Å². The van der Waals surface area contributed by atoms with E-state index in [9.17, 15) is 0 Å². The van der Waals surface area contributed by atoms with Gasteiger partial charge in [0.15, 0.2) is 0 Å². The molecule has 0 N–H and O–H groups in total. The van der Waals surface area contributed by atoms with Gasteiger partial charge < -0.3 is 4.90 Å². The Morgan fingerprint density at radius 1 is 1.57 bits per heavy atom. The fraction of sp³-hybridized carbons (Fsp3) is 0.583. The topological polar surface area (TPSA) is 27.0 Å². The number of piperidine rings is 1. The maximum atomic E-state index is 8.84. The SMILES string of the molecule is CCN1CCCC2CC(C#N)=CC=C21. The lowest BCUT2D eigenvalue weighted by molar-refractivity contribution is 0.248. The zero-order valence-electron chi connectivity index (χ0n) is 8.66. The molecule has 0 spiro atoms. The van der Waals surface area contributed by atoms with Gasteiger partial charge in [-0.05, 0) is 38.3 Å². The summed E-state index contributed by atoms with van der Waals surface area (Å²) < 4.78 is 0. The molecule has 14 heavy (non-hydrogen) atoms. The minimum absolute atomic E-state index is 0.614. The van der Waals surface area contributed by atoms with Crippen LogP contribution in [-0.4, -0.2) is 18.0 Å². The smallest absolute Gasteiger partial charge is 0.0947 e. The summed E-state index contributed by atoms with van der Waals surface area (Å²) in [6.45, 7) is 4.49. The molecule has 1 saturated heterocycles. The van der Waals surface area contributed by atoms with Crippen molar-refractivity contribution >= 4 is 0 Å². The van der Waals surface area contributed by atoms with Gasteiger partial charge in [-0.1, -0.05) is 0 Å². The van der Waals surface area contributed by atoms with E-state index in [1.807, 2.05) is 6.08 Å². The van der Waals surface area contributed by atoms with Crippen LogP contribution in [0.1, 0.15) is 26.2 Å². The predicted molar refractivity (Wildman–Crippen MR) is 56.4 cm³/mol. The number of fused-ring (bicyclic) bond motifs is 1. The molecule has 2 heteroatoms. The predicted octanol–water partition coefficient (Wildman–Crippen LogP) is 2.46. The molecule has 1 unspecified atom stereocenters. The summed E-state index contributed by atoms with van der Waals surface area (Å²) in [4.78, 5) is 2.44. The standard InChI is InChI=1S/C12H16N2/c1-2-14-7-3-4-11-8-10(9-13)5-6-12(11)14/h5-6,11H,2-4,7-8H2,1H3. The number of likely N-dealkylation sites (tertiary alicyclic amines) is 1. The second kappa shape index (κ2) is 3.88. The lowest BCUT2D eigenvalue weighted by Crippen LogP contribution is -2.34. The molecule has 0 amide bonds. The Balaban J connectivity index is 2.22. The largest absolute Gasteiger partial charge is 0.375 e. The minimum Gasteiger partial charge on any atom is -0.375 e. The van der Waals surface area contributed by atoms with Crippen molar-refractivity contribution in [1.82, 2.24) is 4.90 Å². The van der Waals surface area contributed by atoms with Gasteiger partial charge in [0.05, 0.1) is 6.07 Å². The summed E-state index contributed by atoms with van der Waals surface area (Å²) in [7, 11) is 0. The zero-order chi connectivity index (χ0) is 9.97. The van der Waals surface area contributed by atoms with E-state index in [-0.39, 0.29) is 0 Å². The molecular weight excluding hydrogens is 172 g/mol. The van der Waals surface area contributed by atoms with Crippen LogP contribution in [0.5, 0.6) is 0 Å². The fourth-order valence-electron chi connectivity index (χ4n) is 2.45. The minimum atomic E-state index is 0.614. The van der Waals surface area contributed by atoms with Crippen LogP contribution in [0, 0.1) is 17.2 Å². The van der Waals surface area contributed by atoms with Crippen LogP contribution in [0.15, 0.2) is 23.4 Å². The van der Waals surface area contributed by atoms with Crippen LogP contribution in [-0.2, 0) is 0 Å². The monoisotopic (exact) mass is 188 g/mol. The molecular formula is C12H16N2. The summed E-state index contributed by atoms with van der Waals surface area (Å²) in [6, 6.07) is 2.27. The molecule has 1 atom stereocenters. The third-order valence-electron chi connectivity index (χ3n) is 3.21. The Labute approximate surface area is 85.5 Å². The van der Waals surface area contributed by atoms with E-state index in [2.05, 4.69) is 24.0 Å².